The number of anilines is 1. The van der Waals surface area contributed by atoms with Crippen LogP contribution in [0.25, 0.3) is 0 Å². The molecule has 0 fully saturated rings. The first-order valence-electron chi connectivity index (χ1n) is 7.76. The minimum absolute atomic E-state index is 0.130. The molecule has 1 heterocycles. The molecule has 25 heavy (non-hydrogen) atoms. The molecular weight excluding hydrogens is 322 g/mol. The molecular formula is C18H19N3O4. The summed E-state index contributed by atoms with van der Waals surface area (Å²) < 4.78 is 15.9. The number of amides is 1. The first kappa shape index (κ1) is 16.6. The molecule has 0 spiro atoms. The van der Waals surface area contributed by atoms with Crippen LogP contribution in [0.4, 0.5) is 5.69 Å². The third kappa shape index (κ3) is 4.20. The third-order valence-corrected chi connectivity index (χ3v) is 3.59. The molecule has 1 amide bonds. The number of aryl methyl sites for hydroxylation is 1. The van der Waals surface area contributed by atoms with E-state index in [1.165, 1.54) is 11.8 Å². The van der Waals surface area contributed by atoms with E-state index in [2.05, 4.69) is 15.8 Å². The van der Waals surface area contributed by atoms with Gasteiger partial charge in [-0.2, -0.15) is 5.10 Å². The molecule has 0 aliphatic carbocycles. The van der Waals surface area contributed by atoms with Crippen molar-refractivity contribution in [2.45, 2.75) is 6.92 Å². The molecule has 0 atom stereocenters. The van der Waals surface area contributed by atoms with E-state index in [1.54, 1.807) is 19.2 Å². The predicted molar refractivity (Wildman–Crippen MR) is 94.5 cm³/mol. The highest BCUT2D eigenvalue weighted by Crippen LogP contribution is 2.41. The summed E-state index contributed by atoms with van der Waals surface area (Å²) in [5.74, 6) is 1.48. The largest absolute Gasteiger partial charge is 0.493 e. The van der Waals surface area contributed by atoms with E-state index in [0.29, 0.717) is 17.2 Å². The quantitative estimate of drug-likeness (QED) is 0.622. The minimum Gasteiger partial charge on any atom is -0.493 e. The molecule has 0 saturated carbocycles. The number of hydrogen-bond donors (Lipinski definition) is 2. The van der Waals surface area contributed by atoms with E-state index >= 15 is 0 Å². The van der Waals surface area contributed by atoms with Gasteiger partial charge in [0.25, 0.3) is 5.91 Å². The van der Waals surface area contributed by atoms with Gasteiger partial charge >= 0.3 is 0 Å². The van der Waals surface area contributed by atoms with Crippen molar-refractivity contribution in [2.24, 2.45) is 5.10 Å². The Bertz CT molecular complexity index is 788. The second-order valence-corrected chi connectivity index (χ2v) is 5.47. The number of carbonyl (C=O) groups excluding carboxylic acids is 1. The lowest BCUT2D eigenvalue weighted by molar-refractivity contribution is -0.119. The van der Waals surface area contributed by atoms with Crippen LogP contribution in [-0.2, 0) is 4.79 Å². The van der Waals surface area contributed by atoms with Crippen molar-refractivity contribution in [1.29, 1.82) is 0 Å². The topological polar surface area (TPSA) is 81.2 Å². The zero-order valence-electron chi connectivity index (χ0n) is 14.0. The molecule has 7 nitrogen and oxygen atoms in total. The van der Waals surface area contributed by atoms with Crippen molar-refractivity contribution >= 4 is 17.8 Å². The molecule has 2 aromatic carbocycles. The van der Waals surface area contributed by atoms with E-state index < -0.39 is 0 Å². The van der Waals surface area contributed by atoms with Crippen LogP contribution in [0.3, 0.4) is 0 Å². The Kier molecular flexibility index (Phi) is 5.03. The van der Waals surface area contributed by atoms with Gasteiger partial charge in [0.2, 0.25) is 12.5 Å². The maximum atomic E-state index is 11.8. The number of ether oxygens (including phenoxy) is 3. The Labute approximate surface area is 145 Å². The van der Waals surface area contributed by atoms with Gasteiger partial charge in [-0.3, -0.25) is 4.79 Å². The summed E-state index contributed by atoms with van der Waals surface area (Å²) in [6, 6.07) is 11.3. The molecule has 3 rings (SSSR count). The fourth-order valence-electron chi connectivity index (χ4n) is 2.30. The number of hydrazone groups is 1. The minimum atomic E-state index is -0.246. The van der Waals surface area contributed by atoms with E-state index in [0.717, 1.165) is 11.3 Å². The highest BCUT2D eigenvalue weighted by Gasteiger charge is 2.19. The van der Waals surface area contributed by atoms with Crippen LogP contribution in [-0.4, -0.2) is 32.6 Å². The zero-order valence-corrected chi connectivity index (χ0v) is 14.0. The SMILES string of the molecule is COc1cc(/C=N\NC(=O)CNc2ccc(C)cc2)cc2c1OCO2. The summed E-state index contributed by atoms with van der Waals surface area (Å²) in [7, 11) is 1.55. The number of methoxy groups -OCH3 is 1. The fraction of sp³-hybridized carbons (Fsp3) is 0.222. The van der Waals surface area contributed by atoms with E-state index in [9.17, 15) is 4.79 Å². The van der Waals surface area contributed by atoms with E-state index in [1.807, 2.05) is 31.2 Å². The van der Waals surface area contributed by atoms with Crippen molar-refractivity contribution in [2.75, 3.05) is 25.8 Å². The molecule has 7 heteroatoms. The van der Waals surface area contributed by atoms with E-state index in [4.69, 9.17) is 14.2 Å². The van der Waals surface area contributed by atoms with Crippen LogP contribution in [0.1, 0.15) is 11.1 Å². The van der Waals surface area contributed by atoms with Gasteiger partial charge in [0, 0.05) is 11.3 Å². The van der Waals surface area contributed by atoms with Crippen molar-refractivity contribution in [3.05, 3.63) is 47.5 Å². The van der Waals surface area contributed by atoms with Crippen LogP contribution < -0.4 is 25.0 Å². The van der Waals surface area contributed by atoms with Crippen LogP contribution in [0.2, 0.25) is 0 Å². The number of rotatable bonds is 6. The predicted octanol–water partition coefficient (Wildman–Crippen LogP) is 2.29. The Hall–Kier alpha value is -3.22. The fourth-order valence-corrected chi connectivity index (χ4v) is 2.30. The first-order valence-corrected chi connectivity index (χ1v) is 7.76. The molecule has 130 valence electrons. The van der Waals surface area contributed by atoms with Crippen LogP contribution >= 0.6 is 0 Å². The smallest absolute Gasteiger partial charge is 0.259 e. The van der Waals surface area contributed by atoms with Crippen molar-refractivity contribution in [1.82, 2.24) is 5.43 Å². The average molecular weight is 341 g/mol. The van der Waals surface area contributed by atoms with Crippen molar-refractivity contribution in [3.63, 3.8) is 0 Å². The standard InChI is InChI=1S/C18H19N3O4/c1-12-3-5-14(6-4-12)19-10-17(22)21-20-9-13-7-15(23-2)18-16(8-13)24-11-25-18/h3-9,19H,10-11H2,1-2H3,(H,21,22)/b20-9-. The van der Waals surface area contributed by atoms with Crippen LogP contribution in [0, 0.1) is 6.92 Å². The molecule has 0 saturated heterocycles. The number of carbonyl (C=O) groups is 1. The number of benzene rings is 2. The van der Waals surface area contributed by atoms with Gasteiger partial charge in [0.05, 0.1) is 19.9 Å². The summed E-state index contributed by atoms with van der Waals surface area (Å²) in [6.07, 6.45) is 1.52. The van der Waals surface area contributed by atoms with Gasteiger partial charge in [-0.1, -0.05) is 17.7 Å². The van der Waals surface area contributed by atoms with Crippen molar-refractivity contribution < 1.29 is 19.0 Å². The molecule has 0 aromatic heterocycles. The van der Waals surface area contributed by atoms with Gasteiger partial charge in [0.15, 0.2) is 11.5 Å². The monoisotopic (exact) mass is 341 g/mol. The van der Waals surface area contributed by atoms with Gasteiger partial charge in [-0.15, -0.1) is 0 Å². The van der Waals surface area contributed by atoms with Crippen LogP contribution in [0.15, 0.2) is 41.5 Å². The second kappa shape index (κ2) is 7.57. The van der Waals surface area contributed by atoms with Gasteiger partial charge in [-0.25, -0.2) is 5.43 Å². The van der Waals surface area contributed by atoms with Gasteiger partial charge < -0.3 is 19.5 Å². The Balaban J connectivity index is 1.54. The number of nitrogens with one attached hydrogen (secondary N) is 2. The Morgan fingerprint density at radius 3 is 2.84 bits per heavy atom. The summed E-state index contributed by atoms with van der Waals surface area (Å²) >= 11 is 0. The highest BCUT2D eigenvalue weighted by molar-refractivity contribution is 5.85. The number of fused-ring (bicyclic) bond motifs is 1. The summed E-state index contributed by atoms with van der Waals surface area (Å²) in [4.78, 5) is 11.8. The summed E-state index contributed by atoms with van der Waals surface area (Å²) in [6.45, 7) is 2.30. The van der Waals surface area contributed by atoms with Gasteiger partial charge in [0.1, 0.15) is 0 Å². The Morgan fingerprint density at radius 2 is 2.08 bits per heavy atom. The lowest BCUT2D eigenvalue weighted by atomic mass is 10.2. The van der Waals surface area contributed by atoms with Crippen molar-refractivity contribution in [3.8, 4) is 17.2 Å². The number of nitrogens with zero attached hydrogens (tertiary/aromatic N) is 1. The molecule has 1 aliphatic heterocycles. The normalized spacial score (nSPS) is 12.2. The summed E-state index contributed by atoms with van der Waals surface area (Å²) in [5.41, 5.74) is 5.25. The molecule has 0 unspecified atom stereocenters. The van der Waals surface area contributed by atoms with Crippen LogP contribution in [0.5, 0.6) is 17.2 Å². The molecule has 2 N–H and O–H groups in total. The molecule has 0 bridgehead atoms. The lowest BCUT2D eigenvalue weighted by Gasteiger charge is -2.06. The zero-order chi connectivity index (χ0) is 17.6. The maximum Gasteiger partial charge on any atom is 0.259 e. The maximum absolute atomic E-state index is 11.8. The Morgan fingerprint density at radius 1 is 1.28 bits per heavy atom. The molecule has 1 aliphatic rings. The van der Waals surface area contributed by atoms with Gasteiger partial charge in [-0.05, 0) is 31.2 Å². The lowest BCUT2D eigenvalue weighted by Crippen LogP contribution is -2.25. The van der Waals surface area contributed by atoms with E-state index in [-0.39, 0.29) is 19.2 Å². The average Bonchev–Trinajstić information content (AvgIpc) is 3.09. The number of hydrogen-bond acceptors (Lipinski definition) is 6. The summed E-state index contributed by atoms with van der Waals surface area (Å²) in [5, 5.41) is 6.98. The third-order valence-electron chi connectivity index (χ3n) is 3.59. The molecule has 0 radical (unpaired) electrons. The first-order chi connectivity index (χ1) is 12.2. The molecule has 2 aromatic rings. The second-order valence-electron chi connectivity index (χ2n) is 5.47. The highest BCUT2D eigenvalue weighted by atomic mass is 16.7.